The number of amides is 2. The fourth-order valence-corrected chi connectivity index (χ4v) is 2.73. The normalized spacial score (nSPS) is 24.2. The molecule has 0 aromatic heterocycles. The summed E-state index contributed by atoms with van der Waals surface area (Å²) < 4.78 is 4.91. The Kier molecular flexibility index (Phi) is 6.78. The van der Waals surface area contributed by atoms with Gasteiger partial charge in [-0.2, -0.15) is 0 Å². The van der Waals surface area contributed by atoms with Gasteiger partial charge in [-0.1, -0.05) is 0 Å². The zero-order valence-electron chi connectivity index (χ0n) is 12.6. The molecule has 1 aliphatic heterocycles. The van der Waals surface area contributed by atoms with Crippen LogP contribution in [-0.4, -0.2) is 53.8 Å². The lowest BCUT2D eigenvalue weighted by Crippen LogP contribution is -2.55. The van der Waals surface area contributed by atoms with Gasteiger partial charge in [0, 0.05) is 25.8 Å². The number of urea groups is 1. The van der Waals surface area contributed by atoms with E-state index in [1.807, 2.05) is 13.8 Å². The highest BCUT2D eigenvalue weighted by Crippen LogP contribution is 2.22. The molecule has 2 N–H and O–H groups in total. The summed E-state index contributed by atoms with van der Waals surface area (Å²) in [5, 5.41) is 11.8. The largest absolute Gasteiger partial charge is 0.480 e. The monoisotopic (exact) mass is 286 g/mol. The molecule has 6 heteroatoms. The second-order valence-electron chi connectivity index (χ2n) is 5.51. The third-order valence-electron chi connectivity index (χ3n) is 3.87. The summed E-state index contributed by atoms with van der Waals surface area (Å²) >= 11 is 0. The van der Waals surface area contributed by atoms with Crippen molar-refractivity contribution in [1.82, 2.24) is 10.2 Å². The summed E-state index contributed by atoms with van der Waals surface area (Å²) in [6, 6.07) is -0.798. The first kappa shape index (κ1) is 16.8. The predicted molar refractivity (Wildman–Crippen MR) is 75.7 cm³/mol. The first-order valence-electron chi connectivity index (χ1n) is 7.28. The number of hydrogen-bond acceptors (Lipinski definition) is 3. The van der Waals surface area contributed by atoms with Crippen molar-refractivity contribution in [2.45, 2.75) is 64.1 Å². The quantitative estimate of drug-likeness (QED) is 0.730. The Hall–Kier alpha value is -1.30. The fourth-order valence-electron chi connectivity index (χ4n) is 2.73. The first-order chi connectivity index (χ1) is 9.47. The van der Waals surface area contributed by atoms with Crippen molar-refractivity contribution in [3.8, 4) is 0 Å². The number of ether oxygens (including phenoxy) is 1. The van der Waals surface area contributed by atoms with Crippen LogP contribution in [0, 0.1) is 0 Å². The van der Waals surface area contributed by atoms with Gasteiger partial charge in [-0.15, -0.1) is 0 Å². The number of likely N-dealkylation sites (tertiary alicyclic amines) is 1. The molecule has 1 rings (SSSR count). The molecule has 0 aromatic carbocycles. The van der Waals surface area contributed by atoms with Crippen molar-refractivity contribution >= 4 is 12.0 Å². The van der Waals surface area contributed by atoms with Crippen LogP contribution >= 0.6 is 0 Å². The minimum absolute atomic E-state index is 0.159. The molecule has 3 atom stereocenters. The van der Waals surface area contributed by atoms with Gasteiger partial charge in [-0.25, -0.2) is 9.59 Å². The van der Waals surface area contributed by atoms with E-state index >= 15 is 0 Å². The Morgan fingerprint density at radius 2 is 1.95 bits per heavy atom. The first-order valence-corrected chi connectivity index (χ1v) is 7.28. The number of nitrogens with zero attached hydrogens (tertiary/aromatic N) is 1. The number of carboxylic acids is 1. The van der Waals surface area contributed by atoms with Gasteiger partial charge in [0.1, 0.15) is 6.04 Å². The maximum atomic E-state index is 12.3. The Labute approximate surface area is 120 Å². The average molecular weight is 286 g/mol. The molecule has 1 heterocycles. The third-order valence-corrected chi connectivity index (χ3v) is 3.87. The molecule has 1 fully saturated rings. The van der Waals surface area contributed by atoms with E-state index in [1.54, 1.807) is 12.0 Å². The standard InChI is InChI=1S/C14H26N2O4/c1-10-6-4-7-11(2)16(10)14(19)15-12(13(17)18)8-5-9-20-3/h10-12H,4-9H2,1-3H3,(H,15,19)(H,17,18)/t10-,11+,12?. The Morgan fingerprint density at radius 3 is 2.45 bits per heavy atom. The van der Waals surface area contributed by atoms with E-state index in [0.717, 1.165) is 19.3 Å². The smallest absolute Gasteiger partial charge is 0.326 e. The highest BCUT2D eigenvalue weighted by atomic mass is 16.5. The molecule has 0 aromatic rings. The van der Waals surface area contributed by atoms with Crippen LogP contribution in [0.3, 0.4) is 0 Å². The predicted octanol–water partition coefficient (Wildman–Crippen LogP) is 1.84. The van der Waals surface area contributed by atoms with Gasteiger partial charge >= 0.3 is 12.0 Å². The maximum absolute atomic E-state index is 12.3. The lowest BCUT2D eigenvalue weighted by atomic mass is 9.98. The molecule has 2 amide bonds. The van der Waals surface area contributed by atoms with Gasteiger partial charge in [-0.3, -0.25) is 0 Å². The van der Waals surface area contributed by atoms with Gasteiger partial charge in [0.05, 0.1) is 0 Å². The van der Waals surface area contributed by atoms with Crippen molar-refractivity contribution in [2.75, 3.05) is 13.7 Å². The lowest BCUT2D eigenvalue weighted by Gasteiger charge is -2.39. The van der Waals surface area contributed by atoms with Crippen molar-refractivity contribution in [3.63, 3.8) is 0 Å². The van der Waals surface area contributed by atoms with E-state index in [0.29, 0.717) is 19.4 Å². The van der Waals surface area contributed by atoms with Gasteiger partial charge in [0.15, 0.2) is 0 Å². The molecule has 1 aliphatic rings. The van der Waals surface area contributed by atoms with Crippen LogP contribution in [-0.2, 0) is 9.53 Å². The molecule has 0 saturated carbocycles. The second-order valence-corrected chi connectivity index (χ2v) is 5.51. The molecular weight excluding hydrogens is 260 g/mol. The number of carbonyl (C=O) groups is 2. The number of nitrogens with one attached hydrogen (secondary N) is 1. The minimum atomic E-state index is -0.994. The van der Waals surface area contributed by atoms with Crippen LogP contribution in [0.15, 0.2) is 0 Å². The molecule has 116 valence electrons. The van der Waals surface area contributed by atoms with E-state index in [9.17, 15) is 14.7 Å². The zero-order valence-corrected chi connectivity index (χ0v) is 12.6. The summed E-state index contributed by atoms with van der Waals surface area (Å²) in [6.45, 7) is 4.52. The lowest BCUT2D eigenvalue weighted by molar-refractivity contribution is -0.139. The van der Waals surface area contributed by atoms with E-state index < -0.39 is 12.0 Å². The van der Waals surface area contributed by atoms with E-state index in [1.165, 1.54) is 0 Å². The Morgan fingerprint density at radius 1 is 1.35 bits per heavy atom. The minimum Gasteiger partial charge on any atom is -0.480 e. The molecule has 1 saturated heterocycles. The number of rotatable bonds is 6. The summed E-state index contributed by atoms with van der Waals surface area (Å²) in [5.74, 6) is -0.994. The maximum Gasteiger partial charge on any atom is 0.326 e. The van der Waals surface area contributed by atoms with Crippen molar-refractivity contribution < 1.29 is 19.4 Å². The molecule has 0 radical (unpaired) electrons. The van der Waals surface area contributed by atoms with Crippen LogP contribution < -0.4 is 5.32 Å². The number of aliphatic carboxylic acids is 1. The van der Waals surface area contributed by atoms with Gasteiger partial charge in [0.25, 0.3) is 0 Å². The van der Waals surface area contributed by atoms with Gasteiger partial charge in [-0.05, 0) is 46.0 Å². The van der Waals surface area contributed by atoms with E-state index in [2.05, 4.69) is 5.32 Å². The highest BCUT2D eigenvalue weighted by molar-refractivity contribution is 5.82. The zero-order chi connectivity index (χ0) is 15.1. The Bertz CT molecular complexity index is 325. The third kappa shape index (κ3) is 4.67. The Balaban J connectivity index is 2.57. The molecule has 20 heavy (non-hydrogen) atoms. The van der Waals surface area contributed by atoms with Crippen LogP contribution in [0.1, 0.15) is 46.0 Å². The molecular formula is C14H26N2O4. The fraction of sp³-hybridized carbons (Fsp3) is 0.857. The summed E-state index contributed by atoms with van der Waals surface area (Å²) in [6.07, 6.45) is 4.05. The SMILES string of the molecule is COCCCC(NC(=O)N1[C@H](C)CCC[C@@H]1C)C(=O)O. The van der Waals surface area contributed by atoms with Crippen molar-refractivity contribution in [3.05, 3.63) is 0 Å². The molecule has 0 aliphatic carbocycles. The number of hydrogen-bond donors (Lipinski definition) is 2. The molecule has 6 nitrogen and oxygen atoms in total. The van der Waals surface area contributed by atoms with Crippen LogP contribution in [0.2, 0.25) is 0 Å². The van der Waals surface area contributed by atoms with Crippen LogP contribution in [0.25, 0.3) is 0 Å². The highest BCUT2D eigenvalue weighted by Gasteiger charge is 2.31. The number of carbonyl (C=O) groups excluding carboxylic acids is 1. The molecule has 0 spiro atoms. The topological polar surface area (TPSA) is 78.9 Å². The van der Waals surface area contributed by atoms with Gasteiger partial charge < -0.3 is 20.1 Å². The molecule has 1 unspecified atom stereocenters. The number of methoxy groups -OCH3 is 1. The summed E-state index contributed by atoms with van der Waals surface area (Å²) in [4.78, 5) is 25.3. The summed E-state index contributed by atoms with van der Waals surface area (Å²) in [7, 11) is 1.57. The van der Waals surface area contributed by atoms with Crippen molar-refractivity contribution in [2.24, 2.45) is 0 Å². The van der Waals surface area contributed by atoms with Crippen LogP contribution in [0.4, 0.5) is 4.79 Å². The van der Waals surface area contributed by atoms with E-state index in [4.69, 9.17) is 4.74 Å². The number of carboxylic acid groups (broad SMARTS) is 1. The van der Waals surface area contributed by atoms with E-state index in [-0.39, 0.29) is 18.1 Å². The second kappa shape index (κ2) is 8.09. The van der Waals surface area contributed by atoms with Gasteiger partial charge in [0.2, 0.25) is 0 Å². The average Bonchev–Trinajstić information content (AvgIpc) is 2.37. The molecule has 0 bridgehead atoms. The van der Waals surface area contributed by atoms with Crippen LogP contribution in [0.5, 0.6) is 0 Å². The summed E-state index contributed by atoms with van der Waals surface area (Å²) in [5.41, 5.74) is 0. The van der Waals surface area contributed by atoms with Crippen molar-refractivity contribution in [1.29, 1.82) is 0 Å². The number of piperidine rings is 1.